The third kappa shape index (κ3) is 5.35. The van der Waals surface area contributed by atoms with Gasteiger partial charge in [-0.2, -0.15) is 5.10 Å². The SMILES string of the molecule is Cc1nn(Cc2ccccc2)c(C)c1CNC(=O)CS[C@H]1CCS(=O)(=O)C1. The molecule has 0 aliphatic carbocycles. The van der Waals surface area contributed by atoms with Crippen molar-refractivity contribution in [3.63, 3.8) is 0 Å². The molecule has 6 nitrogen and oxygen atoms in total. The van der Waals surface area contributed by atoms with Gasteiger partial charge in [-0.25, -0.2) is 8.42 Å². The van der Waals surface area contributed by atoms with Gasteiger partial charge in [0.05, 0.1) is 29.5 Å². The zero-order valence-electron chi connectivity index (χ0n) is 15.6. The maximum absolute atomic E-state index is 12.1. The molecular formula is C19H25N3O3S2. The monoisotopic (exact) mass is 407 g/mol. The van der Waals surface area contributed by atoms with Gasteiger partial charge in [-0.05, 0) is 25.8 Å². The van der Waals surface area contributed by atoms with Crippen LogP contribution in [0.15, 0.2) is 30.3 Å². The first-order valence-electron chi connectivity index (χ1n) is 8.99. The van der Waals surface area contributed by atoms with E-state index < -0.39 is 9.84 Å². The Morgan fingerprint density at radius 2 is 2.04 bits per heavy atom. The average molecular weight is 408 g/mol. The lowest BCUT2D eigenvalue weighted by molar-refractivity contribution is -0.118. The first-order valence-corrected chi connectivity index (χ1v) is 11.9. The predicted octanol–water partition coefficient (Wildman–Crippen LogP) is 2.08. The van der Waals surface area contributed by atoms with Crippen LogP contribution in [0.2, 0.25) is 0 Å². The number of nitrogens with one attached hydrogen (secondary N) is 1. The van der Waals surface area contributed by atoms with Crippen LogP contribution < -0.4 is 5.32 Å². The van der Waals surface area contributed by atoms with E-state index in [2.05, 4.69) is 22.5 Å². The highest BCUT2D eigenvalue weighted by atomic mass is 32.2. The number of nitrogens with zero attached hydrogens (tertiary/aromatic N) is 2. The van der Waals surface area contributed by atoms with E-state index in [1.165, 1.54) is 17.3 Å². The van der Waals surface area contributed by atoms with Crippen LogP contribution in [-0.2, 0) is 27.7 Å². The highest BCUT2D eigenvalue weighted by Gasteiger charge is 2.28. The largest absolute Gasteiger partial charge is 0.351 e. The number of sulfone groups is 1. The summed E-state index contributed by atoms with van der Waals surface area (Å²) in [5.41, 5.74) is 4.18. The molecule has 146 valence electrons. The zero-order valence-corrected chi connectivity index (χ0v) is 17.3. The number of hydrogen-bond acceptors (Lipinski definition) is 5. The number of thioether (sulfide) groups is 1. The van der Waals surface area contributed by atoms with Crippen LogP contribution in [0.1, 0.15) is 28.9 Å². The number of aromatic nitrogens is 2. The Labute approximate surface area is 164 Å². The second-order valence-electron chi connectivity index (χ2n) is 6.91. The summed E-state index contributed by atoms with van der Waals surface area (Å²) in [5, 5.41) is 7.58. The van der Waals surface area contributed by atoms with E-state index >= 15 is 0 Å². The lowest BCUT2D eigenvalue weighted by Crippen LogP contribution is -2.26. The molecule has 3 rings (SSSR count). The van der Waals surface area contributed by atoms with Gasteiger partial charge in [0.1, 0.15) is 0 Å². The Morgan fingerprint density at radius 3 is 2.70 bits per heavy atom. The molecule has 1 fully saturated rings. The smallest absolute Gasteiger partial charge is 0.230 e. The summed E-state index contributed by atoms with van der Waals surface area (Å²) in [6.45, 7) is 5.11. The molecule has 0 unspecified atom stereocenters. The molecule has 1 N–H and O–H groups in total. The summed E-state index contributed by atoms with van der Waals surface area (Å²) in [5.74, 6) is 0.649. The third-order valence-corrected chi connectivity index (χ3v) is 8.09. The molecule has 8 heteroatoms. The number of rotatable bonds is 7. The maximum atomic E-state index is 12.1. The summed E-state index contributed by atoms with van der Waals surface area (Å²) in [4.78, 5) is 12.1. The number of benzene rings is 1. The fourth-order valence-corrected chi connectivity index (χ4v) is 6.70. The first kappa shape index (κ1) is 19.9. The molecule has 1 amide bonds. The molecule has 0 spiro atoms. The lowest BCUT2D eigenvalue weighted by Gasteiger charge is -2.09. The first-order chi connectivity index (χ1) is 12.8. The van der Waals surface area contributed by atoms with Gasteiger partial charge < -0.3 is 5.32 Å². The van der Waals surface area contributed by atoms with Crippen molar-refractivity contribution in [2.75, 3.05) is 17.3 Å². The Kier molecular flexibility index (Phi) is 6.26. The third-order valence-electron chi connectivity index (χ3n) is 4.81. The molecule has 0 saturated carbocycles. The van der Waals surface area contributed by atoms with Crippen molar-refractivity contribution in [2.45, 2.75) is 38.6 Å². The van der Waals surface area contributed by atoms with Crippen LogP contribution in [0.5, 0.6) is 0 Å². The molecule has 2 heterocycles. The van der Waals surface area contributed by atoms with Crippen molar-refractivity contribution >= 4 is 27.5 Å². The van der Waals surface area contributed by atoms with Gasteiger partial charge in [0.2, 0.25) is 5.91 Å². The maximum Gasteiger partial charge on any atom is 0.230 e. The second-order valence-corrected chi connectivity index (χ2v) is 10.4. The Bertz CT molecular complexity index is 908. The molecule has 1 aliphatic heterocycles. The van der Waals surface area contributed by atoms with Gasteiger partial charge in [-0.3, -0.25) is 9.48 Å². The number of carbonyl (C=O) groups is 1. The lowest BCUT2D eigenvalue weighted by atomic mass is 10.2. The van der Waals surface area contributed by atoms with E-state index in [9.17, 15) is 13.2 Å². The standard InChI is InChI=1S/C19H25N3O3S2/c1-14-18(15(2)22(21-14)11-16-6-4-3-5-7-16)10-20-19(23)12-26-17-8-9-27(24,25)13-17/h3-7,17H,8-13H2,1-2H3,(H,20,23)/t17-/m0/s1. The molecule has 1 saturated heterocycles. The van der Waals surface area contributed by atoms with Crippen molar-refractivity contribution < 1.29 is 13.2 Å². The number of amides is 1. The number of hydrogen-bond donors (Lipinski definition) is 1. The van der Waals surface area contributed by atoms with Crippen LogP contribution in [0, 0.1) is 13.8 Å². The molecule has 1 aromatic carbocycles. The van der Waals surface area contributed by atoms with Crippen LogP contribution in [-0.4, -0.2) is 46.6 Å². The highest BCUT2D eigenvalue weighted by Crippen LogP contribution is 2.24. The summed E-state index contributed by atoms with van der Waals surface area (Å²) >= 11 is 1.43. The van der Waals surface area contributed by atoms with Crippen molar-refractivity contribution in [2.24, 2.45) is 0 Å². The Balaban J connectivity index is 1.52. The van der Waals surface area contributed by atoms with Gasteiger partial charge in [-0.1, -0.05) is 30.3 Å². The van der Waals surface area contributed by atoms with Crippen LogP contribution in [0.3, 0.4) is 0 Å². The molecule has 2 aromatic rings. The minimum atomic E-state index is -2.90. The van der Waals surface area contributed by atoms with Gasteiger partial charge >= 0.3 is 0 Å². The molecular weight excluding hydrogens is 382 g/mol. The fraction of sp³-hybridized carbons (Fsp3) is 0.474. The summed E-state index contributed by atoms with van der Waals surface area (Å²) in [7, 11) is -2.90. The van der Waals surface area contributed by atoms with Crippen molar-refractivity contribution in [3.05, 3.63) is 52.8 Å². The van der Waals surface area contributed by atoms with Crippen molar-refractivity contribution in [1.82, 2.24) is 15.1 Å². The van der Waals surface area contributed by atoms with E-state index in [0.29, 0.717) is 19.5 Å². The van der Waals surface area contributed by atoms with Gasteiger partial charge in [-0.15, -0.1) is 11.8 Å². The zero-order chi connectivity index (χ0) is 19.4. The predicted molar refractivity (Wildman–Crippen MR) is 109 cm³/mol. The van der Waals surface area contributed by atoms with Gasteiger partial charge in [0.15, 0.2) is 9.84 Å². The molecule has 0 bridgehead atoms. The average Bonchev–Trinajstić information content (AvgIpc) is 3.11. The Hall–Kier alpha value is -1.80. The van der Waals surface area contributed by atoms with Gasteiger partial charge in [0, 0.05) is 23.1 Å². The van der Waals surface area contributed by atoms with Crippen LogP contribution >= 0.6 is 11.8 Å². The van der Waals surface area contributed by atoms with E-state index in [4.69, 9.17) is 0 Å². The van der Waals surface area contributed by atoms with E-state index in [-0.39, 0.29) is 28.4 Å². The van der Waals surface area contributed by atoms with Crippen LogP contribution in [0.25, 0.3) is 0 Å². The van der Waals surface area contributed by atoms with Gasteiger partial charge in [0.25, 0.3) is 0 Å². The fourth-order valence-electron chi connectivity index (χ4n) is 3.22. The molecule has 0 radical (unpaired) electrons. The molecule has 1 aliphatic rings. The van der Waals surface area contributed by atoms with Crippen molar-refractivity contribution in [1.29, 1.82) is 0 Å². The Morgan fingerprint density at radius 1 is 1.30 bits per heavy atom. The van der Waals surface area contributed by atoms with E-state index in [0.717, 1.165) is 17.0 Å². The summed E-state index contributed by atoms with van der Waals surface area (Å²) in [6.07, 6.45) is 0.644. The topological polar surface area (TPSA) is 81.1 Å². The number of aryl methyl sites for hydroxylation is 1. The highest BCUT2D eigenvalue weighted by molar-refractivity contribution is 8.02. The molecule has 27 heavy (non-hydrogen) atoms. The summed E-state index contributed by atoms with van der Waals surface area (Å²) < 4.78 is 24.9. The van der Waals surface area contributed by atoms with Crippen molar-refractivity contribution in [3.8, 4) is 0 Å². The molecule has 1 aromatic heterocycles. The number of carbonyl (C=O) groups excluding carboxylic acids is 1. The molecule has 1 atom stereocenters. The van der Waals surface area contributed by atoms with E-state index in [1.54, 1.807) is 0 Å². The summed E-state index contributed by atoms with van der Waals surface area (Å²) in [6, 6.07) is 10.1. The normalized spacial score (nSPS) is 18.5. The minimum Gasteiger partial charge on any atom is -0.351 e. The van der Waals surface area contributed by atoms with E-state index in [1.807, 2.05) is 36.7 Å². The quantitative estimate of drug-likeness (QED) is 0.760. The van der Waals surface area contributed by atoms with Crippen LogP contribution in [0.4, 0.5) is 0 Å². The second kappa shape index (κ2) is 8.48. The minimum absolute atomic E-state index is 0.0397.